The van der Waals surface area contributed by atoms with Crippen LogP contribution in [0.15, 0.2) is 21.6 Å². The summed E-state index contributed by atoms with van der Waals surface area (Å²) in [5, 5.41) is 0. The number of halogens is 1. The lowest BCUT2D eigenvalue weighted by Gasteiger charge is -2.16. The number of hydrogen-bond donors (Lipinski definition) is 0. The van der Waals surface area contributed by atoms with E-state index in [2.05, 4.69) is 20.9 Å². The molecule has 1 aromatic carbocycles. The molecule has 1 atom stereocenters. The summed E-state index contributed by atoms with van der Waals surface area (Å²) in [6.45, 7) is 1.84. The van der Waals surface area contributed by atoms with E-state index in [1.165, 1.54) is 0 Å². The zero-order chi connectivity index (χ0) is 11.0. The van der Waals surface area contributed by atoms with Crippen LogP contribution >= 0.6 is 15.9 Å². The molecule has 0 N–H and O–H groups in total. The van der Waals surface area contributed by atoms with Crippen molar-refractivity contribution in [3.05, 3.63) is 22.2 Å². The van der Waals surface area contributed by atoms with Crippen molar-refractivity contribution >= 4 is 33.6 Å². The van der Waals surface area contributed by atoms with Crippen molar-refractivity contribution in [1.82, 2.24) is 0 Å². The van der Waals surface area contributed by atoms with Gasteiger partial charge in [-0.15, -0.1) is 0 Å². The highest BCUT2D eigenvalue weighted by Gasteiger charge is 2.24. The summed E-state index contributed by atoms with van der Waals surface area (Å²) >= 11 is 3.35. The fourth-order valence-electron chi connectivity index (χ4n) is 1.55. The fraction of sp³-hybridized carbons (Fsp3) is 0.273. The topological polar surface area (TPSA) is 38.7 Å². The number of carbonyl (C=O) groups is 1. The standard InChI is InChI=1S/C11H10BrNO2/c1-6-5-13-10-8(11(6)14)3-7(12)4-9(10)15-2/h3-6H,1-2H3. The maximum absolute atomic E-state index is 11.9. The molecule has 1 aliphatic rings. The number of rotatable bonds is 1. The van der Waals surface area contributed by atoms with Gasteiger partial charge in [0.1, 0.15) is 11.4 Å². The zero-order valence-electron chi connectivity index (χ0n) is 8.45. The first-order valence-electron chi connectivity index (χ1n) is 4.59. The van der Waals surface area contributed by atoms with Gasteiger partial charge in [-0.3, -0.25) is 9.79 Å². The summed E-state index contributed by atoms with van der Waals surface area (Å²) in [5.41, 5.74) is 1.25. The van der Waals surface area contributed by atoms with Gasteiger partial charge >= 0.3 is 0 Å². The van der Waals surface area contributed by atoms with Crippen LogP contribution in [0.1, 0.15) is 17.3 Å². The van der Waals surface area contributed by atoms with Gasteiger partial charge in [-0.25, -0.2) is 0 Å². The van der Waals surface area contributed by atoms with Crippen molar-refractivity contribution in [2.45, 2.75) is 6.92 Å². The van der Waals surface area contributed by atoms with E-state index in [0.29, 0.717) is 17.0 Å². The van der Waals surface area contributed by atoms with E-state index in [4.69, 9.17) is 4.74 Å². The van der Waals surface area contributed by atoms with Gasteiger partial charge < -0.3 is 4.74 Å². The van der Waals surface area contributed by atoms with Crippen molar-refractivity contribution in [2.75, 3.05) is 7.11 Å². The molecule has 1 unspecified atom stereocenters. The van der Waals surface area contributed by atoms with Crippen LogP contribution in [0.25, 0.3) is 0 Å². The molecule has 2 rings (SSSR count). The molecule has 1 aliphatic heterocycles. The Kier molecular flexibility index (Phi) is 2.61. The number of carbonyl (C=O) groups excluding carboxylic acids is 1. The first-order chi connectivity index (χ1) is 7.13. The predicted molar refractivity (Wildman–Crippen MR) is 62.3 cm³/mol. The Morgan fingerprint density at radius 1 is 1.47 bits per heavy atom. The van der Waals surface area contributed by atoms with Gasteiger partial charge in [0, 0.05) is 16.3 Å². The molecule has 1 aromatic rings. The Morgan fingerprint density at radius 3 is 2.87 bits per heavy atom. The molecule has 1 heterocycles. The van der Waals surface area contributed by atoms with Crippen molar-refractivity contribution in [3.63, 3.8) is 0 Å². The van der Waals surface area contributed by atoms with E-state index < -0.39 is 0 Å². The Morgan fingerprint density at radius 2 is 2.20 bits per heavy atom. The van der Waals surface area contributed by atoms with Gasteiger partial charge in [0.2, 0.25) is 0 Å². The monoisotopic (exact) mass is 267 g/mol. The molecule has 0 saturated carbocycles. The third kappa shape index (κ3) is 1.69. The SMILES string of the molecule is COc1cc(Br)cc2c1N=CC(C)C2=O. The molecule has 0 aromatic heterocycles. The Hall–Kier alpha value is -1.16. The van der Waals surface area contributed by atoms with Crippen LogP contribution in [0.3, 0.4) is 0 Å². The number of methoxy groups -OCH3 is 1. The van der Waals surface area contributed by atoms with Crippen molar-refractivity contribution in [2.24, 2.45) is 10.9 Å². The largest absolute Gasteiger partial charge is 0.494 e. The lowest BCUT2D eigenvalue weighted by atomic mass is 9.96. The molecule has 78 valence electrons. The minimum atomic E-state index is -0.156. The van der Waals surface area contributed by atoms with Gasteiger partial charge in [-0.2, -0.15) is 0 Å². The van der Waals surface area contributed by atoms with Gasteiger partial charge in [0.05, 0.1) is 13.0 Å². The highest BCUT2D eigenvalue weighted by molar-refractivity contribution is 9.10. The van der Waals surface area contributed by atoms with E-state index in [-0.39, 0.29) is 11.7 Å². The number of ether oxygens (including phenoxy) is 1. The summed E-state index contributed by atoms with van der Waals surface area (Å²) in [4.78, 5) is 16.1. The number of hydrogen-bond acceptors (Lipinski definition) is 3. The number of ketones is 1. The first kappa shape index (κ1) is 10.4. The zero-order valence-corrected chi connectivity index (χ0v) is 10.0. The molecule has 0 radical (unpaired) electrons. The lowest BCUT2D eigenvalue weighted by Crippen LogP contribution is -2.16. The second-order valence-corrected chi connectivity index (χ2v) is 4.35. The third-order valence-electron chi connectivity index (χ3n) is 2.37. The molecular formula is C11H10BrNO2. The first-order valence-corrected chi connectivity index (χ1v) is 5.38. The number of Topliss-reactive ketones (excluding diaryl/α,β-unsaturated/α-hetero) is 1. The maximum Gasteiger partial charge on any atom is 0.173 e. The second kappa shape index (κ2) is 3.77. The second-order valence-electron chi connectivity index (χ2n) is 3.44. The smallest absolute Gasteiger partial charge is 0.173 e. The van der Waals surface area contributed by atoms with Crippen LogP contribution in [-0.4, -0.2) is 19.1 Å². The van der Waals surface area contributed by atoms with Gasteiger partial charge in [-0.05, 0) is 12.1 Å². The summed E-state index contributed by atoms with van der Waals surface area (Å²) in [5.74, 6) is 0.548. The molecule has 0 amide bonds. The lowest BCUT2D eigenvalue weighted by molar-refractivity contribution is 0.0962. The Bertz CT molecular complexity index is 454. The average Bonchev–Trinajstić information content (AvgIpc) is 2.23. The number of fused-ring (bicyclic) bond motifs is 1. The van der Waals surface area contributed by atoms with Crippen molar-refractivity contribution < 1.29 is 9.53 Å². The molecule has 0 saturated heterocycles. The molecule has 3 nitrogen and oxygen atoms in total. The molecule has 0 spiro atoms. The minimum absolute atomic E-state index is 0.0830. The summed E-state index contributed by atoms with van der Waals surface area (Å²) in [7, 11) is 1.57. The highest BCUT2D eigenvalue weighted by Crippen LogP contribution is 2.37. The molecule has 4 heteroatoms. The van der Waals surface area contributed by atoms with Gasteiger partial charge in [-0.1, -0.05) is 22.9 Å². The minimum Gasteiger partial charge on any atom is -0.494 e. The fourth-order valence-corrected chi connectivity index (χ4v) is 1.99. The van der Waals surface area contributed by atoms with Crippen LogP contribution < -0.4 is 4.74 Å². The quantitative estimate of drug-likeness (QED) is 0.785. The summed E-state index contributed by atoms with van der Waals surface area (Å²) in [6, 6.07) is 3.59. The molecule has 0 fully saturated rings. The highest BCUT2D eigenvalue weighted by atomic mass is 79.9. The van der Waals surface area contributed by atoms with Crippen LogP contribution in [0.4, 0.5) is 5.69 Å². The van der Waals surface area contributed by atoms with Crippen molar-refractivity contribution in [1.29, 1.82) is 0 Å². The van der Waals surface area contributed by atoms with Gasteiger partial charge in [0.15, 0.2) is 5.78 Å². The Balaban J connectivity index is 2.66. The van der Waals surface area contributed by atoms with E-state index in [9.17, 15) is 4.79 Å². The van der Waals surface area contributed by atoms with Crippen LogP contribution in [0.2, 0.25) is 0 Å². The molecule has 0 bridgehead atoms. The average molecular weight is 268 g/mol. The normalized spacial score (nSPS) is 18.9. The molecular weight excluding hydrogens is 258 g/mol. The van der Waals surface area contributed by atoms with E-state index in [1.54, 1.807) is 25.5 Å². The summed E-state index contributed by atoms with van der Waals surface area (Å²) in [6.07, 6.45) is 1.65. The summed E-state index contributed by atoms with van der Waals surface area (Å²) < 4.78 is 6.01. The number of aliphatic imine (C=N–C) groups is 1. The maximum atomic E-state index is 11.9. The van der Waals surface area contributed by atoms with Crippen LogP contribution in [0, 0.1) is 5.92 Å². The van der Waals surface area contributed by atoms with E-state index in [1.807, 2.05) is 6.92 Å². The van der Waals surface area contributed by atoms with Crippen LogP contribution in [0.5, 0.6) is 5.75 Å². The third-order valence-corrected chi connectivity index (χ3v) is 2.82. The van der Waals surface area contributed by atoms with Crippen LogP contribution in [-0.2, 0) is 0 Å². The van der Waals surface area contributed by atoms with Crippen molar-refractivity contribution in [3.8, 4) is 5.75 Å². The Labute approximate surface area is 96.3 Å². The number of benzene rings is 1. The van der Waals surface area contributed by atoms with Gasteiger partial charge in [0.25, 0.3) is 0 Å². The predicted octanol–water partition coefficient (Wildman–Crippen LogP) is 2.99. The molecule has 15 heavy (non-hydrogen) atoms. The number of nitrogens with zero attached hydrogens (tertiary/aromatic N) is 1. The van der Waals surface area contributed by atoms with E-state index in [0.717, 1.165) is 4.47 Å². The van der Waals surface area contributed by atoms with E-state index >= 15 is 0 Å². The molecule has 0 aliphatic carbocycles.